The van der Waals surface area contributed by atoms with Gasteiger partial charge in [-0.2, -0.15) is 0 Å². The van der Waals surface area contributed by atoms with Crippen molar-refractivity contribution in [2.24, 2.45) is 5.73 Å². The van der Waals surface area contributed by atoms with E-state index in [-0.39, 0.29) is 18.4 Å². The number of hydrogen-bond acceptors (Lipinski definition) is 4. The Morgan fingerprint density at radius 2 is 1.87 bits per heavy atom. The highest BCUT2D eigenvalue weighted by molar-refractivity contribution is 5.92. The van der Waals surface area contributed by atoms with Gasteiger partial charge in [0.25, 0.3) is 0 Å². The molecule has 0 unspecified atom stereocenters. The van der Waals surface area contributed by atoms with Crippen LogP contribution in [0.25, 0.3) is 0 Å². The lowest BCUT2D eigenvalue weighted by Gasteiger charge is -2.47. The standard InChI is InChI=1S/C24H31N3O2.ClH/c1-5-13-26-15-18(3)27(16-17(26)2)23(21-7-6-8-22(14-21)29-4)19-9-11-20(12-10-19)24(25)28;/h5-12,14,17-18,23H,1,13,15-16H2,2-4H3,(H2,25,28);1H/t17-,18+,23-;/m1./s1. The smallest absolute Gasteiger partial charge is 0.248 e. The Morgan fingerprint density at radius 1 is 1.17 bits per heavy atom. The van der Waals surface area contributed by atoms with Gasteiger partial charge in [-0.15, -0.1) is 19.0 Å². The Labute approximate surface area is 185 Å². The van der Waals surface area contributed by atoms with Crippen molar-refractivity contribution in [1.29, 1.82) is 0 Å². The summed E-state index contributed by atoms with van der Waals surface area (Å²) >= 11 is 0. The molecule has 0 aliphatic carbocycles. The number of carbonyl (C=O) groups excluding carboxylic acids is 1. The minimum atomic E-state index is -0.408. The summed E-state index contributed by atoms with van der Waals surface area (Å²) in [7, 11) is 1.69. The number of nitrogens with two attached hydrogens (primary N) is 1. The Morgan fingerprint density at radius 3 is 2.47 bits per heavy atom. The second-order valence-electron chi connectivity index (χ2n) is 7.80. The van der Waals surface area contributed by atoms with E-state index in [0.717, 1.165) is 30.9 Å². The lowest BCUT2D eigenvalue weighted by Crippen LogP contribution is -2.57. The quantitative estimate of drug-likeness (QED) is 0.678. The maximum absolute atomic E-state index is 11.5. The van der Waals surface area contributed by atoms with Crippen molar-refractivity contribution < 1.29 is 9.53 Å². The van der Waals surface area contributed by atoms with E-state index in [0.29, 0.717) is 17.6 Å². The summed E-state index contributed by atoms with van der Waals surface area (Å²) in [6.07, 6.45) is 1.97. The van der Waals surface area contributed by atoms with E-state index in [2.05, 4.69) is 42.4 Å². The van der Waals surface area contributed by atoms with Gasteiger partial charge < -0.3 is 10.5 Å². The van der Waals surface area contributed by atoms with Crippen LogP contribution in [0.3, 0.4) is 0 Å². The van der Waals surface area contributed by atoms with Crippen LogP contribution in [0.2, 0.25) is 0 Å². The normalized spacial score (nSPS) is 20.8. The van der Waals surface area contributed by atoms with E-state index in [1.54, 1.807) is 7.11 Å². The number of methoxy groups -OCH3 is 1. The molecule has 2 N–H and O–H groups in total. The molecule has 30 heavy (non-hydrogen) atoms. The maximum Gasteiger partial charge on any atom is 0.248 e. The fourth-order valence-corrected chi connectivity index (χ4v) is 4.22. The minimum absolute atomic E-state index is 0. The summed E-state index contributed by atoms with van der Waals surface area (Å²) in [5.41, 5.74) is 8.27. The van der Waals surface area contributed by atoms with Crippen molar-refractivity contribution in [3.05, 3.63) is 77.9 Å². The molecule has 2 aromatic carbocycles. The maximum atomic E-state index is 11.5. The molecule has 1 aliphatic heterocycles. The fourth-order valence-electron chi connectivity index (χ4n) is 4.22. The average Bonchev–Trinajstić information content (AvgIpc) is 2.72. The third-order valence-corrected chi connectivity index (χ3v) is 5.78. The Bertz CT molecular complexity index is 856. The molecule has 1 amide bonds. The highest BCUT2D eigenvalue weighted by Crippen LogP contribution is 2.34. The summed E-state index contributed by atoms with van der Waals surface area (Å²) in [4.78, 5) is 16.5. The van der Waals surface area contributed by atoms with Crippen molar-refractivity contribution in [1.82, 2.24) is 9.80 Å². The molecule has 6 heteroatoms. The van der Waals surface area contributed by atoms with E-state index in [1.165, 1.54) is 5.56 Å². The molecule has 0 saturated carbocycles. The zero-order valence-corrected chi connectivity index (χ0v) is 18.8. The number of carbonyl (C=O) groups is 1. The van der Waals surface area contributed by atoms with Crippen LogP contribution in [0.15, 0.2) is 61.2 Å². The summed E-state index contributed by atoms with van der Waals surface area (Å²) in [5, 5.41) is 0. The second-order valence-corrected chi connectivity index (χ2v) is 7.80. The lowest BCUT2D eigenvalue weighted by molar-refractivity contribution is 0.0306. The van der Waals surface area contributed by atoms with Gasteiger partial charge >= 0.3 is 0 Å². The van der Waals surface area contributed by atoms with Gasteiger partial charge in [0.1, 0.15) is 5.75 Å². The van der Waals surface area contributed by atoms with E-state index in [1.807, 2.05) is 42.5 Å². The predicted octanol–water partition coefficient (Wildman–Crippen LogP) is 3.89. The van der Waals surface area contributed by atoms with Gasteiger partial charge in [0.05, 0.1) is 13.2 Å². The van der Waals surface area contributed by atoms with Crippen LogP contribution >= 0.6 is 12.4 Å². The van der Waals surface area contributed by atoms with Crippen molar-refractivity contribution >= 4 is 18.3 Å². The van der Waals surface area contributed by atoms with Gasteiger partial charge in [0.2, 0.25) is 5.91 Å². The molecule has 0 spiro atoms. The van der Waals surface area contributed by atoms with Gasteiger partial charge in [-0.25, -0.2) is 0 Å². The number of primary amides is 1. The van der Waals surface area contributed by atoms with Gasteiger partial charge in [-0.1, -0.05) is 30.3 Å². The Balaban J connectivity index is 0.00000320. The number of hydrogen-bond donors (Lipinski definition) is 1. The highest BCUT2D eigenvalue weighted by Gasteiger charge is 2.34. The van der Waals surface area contributed by atoms with Crippen LogP contribution in [0.1, 0.15) is 41.4 Å². The average molecular weight is 430 g/mol. The zero-order valence-electron chi connectivity index (χ0n) is 18.0. The first-order valence-electron chi connectivity index (χ1n) is 10.1. The molecule has 1 heterocycles. The summed E-state index contributed by atoms with van der Waals surface area (Å²) < 4.78 is 5.48. The third-order valence-electron chi connectivity index (χ3n) is 5.78. The number of nitrogens with zero attached hydrogens (tertiary/aromatic N) is 2. The molecule has 3 rings (SSSR count). The predicted molar refractivity (Wildman–Crippen MR) is 124 cm³/mol. The molecule has 0 radical (unpaired) electrons. The number of benzene rings is 2. The van der Waals surface area contributed by atoms with Crippen molar-refractivity contribution in [3.8, 4) is 5.75 Å². The van der Waals surface area contributed by atoms with Crippen LogP contribution in [-0.4, -0.2) is 54.5 Å². The monoisotopic (exact) mass is 429 g/mol. The second kappa shape index (κ2) is 10.6. The molecule has 5 nitrogen and oxygen atoms in total. The van der Waals surface area contributed by atoms with Crippen LogP contribution < -0.4 is 10.5 Å². The van der Waals surface area contributed by atoms with Gasteiger partial charge in [0, 0.05) is 37.3 Å². The summed E-state index contributed by atoms with van der Waals surface area (Å²) in [5.74, 6) is 0.432. The first kappa shape index (κ1) is 23.9. The van der Waals surface area contributed by atoms with E-state index < -0.39 is 5.91 Å². The van der Waals surface area contributed by atoms with E-state index in [9.17, 15) is 4.79 Å². The highest BCUT2D eigenvalue weighted by atomic mass is 35.5. The van der Waals surface area contributed by atoms with Crippen LogP contribution in [-0.2, 0) is 0 Å². The van der Waals surface area contributed by atoms with E-state index >= 15 is 0 Å². The summed E-state index contributed by atoms with van der Waals surface area (Å²) in [6, 6.07) is 16.7. The molecule has 0 bridgehead atoms. The zero-order chi connectivity index (χ0) is 21.0. The van der Waals surface area contributed by atoms with Crippen LogP contribution in [0, 0.1) is 0 Å². The number of amides is 1. The largest absolute Gasteiger partial charge is 0.497 e. The number of rotatable bonds is 7. The number of ether oxygens (including phenoxy) is 1. The number of piperazine rings is 1. The van der Waals surface area contributed by atoms with Crippen LogP contribution in [0.4, 0.5) is 0 Å². The molecule has 162 valence electrons. The third kappa shape index (κ3) is 5.22. The van der Waals surface area contributed by atoms with E-state index in [4.69, 9.17) is 10.5 Å². The molecule has 1 saturated heterocycles. The number of halogens is 1. The summed E-state index contributed by atoms with van der Waals surface area (Å²) in [6.45, 7) is 11.3. The Kier molecular flexibility index (Phi) is 8.47. The molecular formula is C24H32ClN3O2. The fraction of sp³-hybridized carbons (Fsp3) is 0.375. The van der Waals surface area contributed by atoms with Crippen LogP contribution in [0.5, 0.6) is 5.75 Å². The van der Waals surface area contributed by atoms with Crippen molar-refractivity contribution in [2.45, 2.75) is 32.0 Å². The minimum Gasteiger partial charge on any atom is -0.497 e. The molecule has 0 aromatic heterocycles. The Hall–Kier alpha value is -2.34. The molecule has 2 aromatic rings. The van der Waals surface area contributed by atoms with Gasteiger partial charge in [0.15, 0.2) is 0 Å². The van der Waals surface area contributed by atoms with Crippen molar-refractivity contribution in [2.75, 3.05) is 26.7 Å². The van der Waals surface area contributed by atoms with Crippen molar-refractivity contribution in [3.63, 3.8) is 0 Å². The molecular weight excluding hydrogens is 398 g/mol. The van der Waals surface area contributed by atoms with Gasteiger partial charge in [-0.05, 0) is 49.2 Å². The molecule has 3 atom stereocenters. The first-order valence-corrected chi connectivity index (χ1v) is 10.1. The lowest BCUT2D eigenvalue weighted by atomic mass is 9.92. The van der Waals surface area contributed by atoms with Gasteiger partial charge in [-0.3, -0.25) is 14.6 Å². The SMILES string of the molecule is C=CCN1C[C@H](C)N([C@H](c2ccc(C(N)=O)cc2)c2cccc(OC)c2)C[C@H]1C.Cl. The molecule has 1 fully saturated rings. The topological polar surface area (TPSA) is 58.8 Å². The first-order chi connectivity index (χ1) is 13.9. The molecule has 1 aliphatic rings.